The minimum Gasteiger partial charge on any atom is -0.545 e. The van der Waals surface area contributed by atoms with Gasteiger partial charge in [0.15, 0.2) is 12.4 Å². The Hall–Kier alpha value is -5.09. The van der Waals surface area contributed by atoms with Crippen LogP contribution < -0.4 is 5.11 Å². The van der Waals surface area contributed by atoms with Gasteiger partial charge >= 0.3 is 11.9 Å². The molecule has 444 valence electrons. The largest absolute Gasteiger partial charge is 0.545 e. The molecule has 0 bridgehead atoms. The maximum absolute atomic E-state index is 12.9. The first-order chi connectivity index (χ1) is 38.6. The van der Waals surface area contributed by atoms with Gasteiger partial charge in [0.2, 0.25) is 0 Å². The van der Waals surface area contributed by atoms with Crippen LogP contribution in [0, 0.1) is 0 Å². The summed E-state index contributed by atoms with van der Waals surface area (Å²) < 4.78 is 22.7. The first-order valence-electron chi connectivity index (χ1n) is 30.6. The highest BCUT2D eigenvalue weighted by Crippen LogP contribution is 2.14. The van der Waals surface area contributed by atoms with Gasteiger partial charge in [0, 0.05) is 12.8 Å². The van der Waals surface area contributed by atoms with E-state index < -0.39 is 30.3 Å². The second kappa shape index (κ2) is 59.0. The highest BCUT2D eigenvalue weighted by atomic mass is 16.7. The molecular formula is C70H111NO8. The van der Waals surface area contributed by atoms with Gasteiger partial charge in [-0.3, -0.25) is 9.59 Å². The van der Waals surface area contributed by atoms with E-state index in [2.05, 4.69) is 172 Å². The molecule has 0 radical (unpaired) electrons. The van der Waals surface area contributed by atoms with Crippen LogP contribution in [0.1, 0.15) is 206 Å². The number of unbranched alkanes of at least 4 members (excludes halogenated alkanes) is 13. The van der Waals surface area contributed by atoms with E-state index in [1.54, 1.807) is 0 Å². The van der Waals surface area contributed by atoms with Crippen LogP contribution >= 0.6 is 0 Å². The summed E-state index contributed by atoms with van der Waals surface area (Å²) in [4.78, 5) is 37.3. The molecule has 0 aliphatic heterocycles. The molecule has 0 amide bonds. The van der Waals surface area contributed by atoms with Gasteiger partial charge in [-0.1, -0.05) is 230 Å². The molecule has 79 heavy (non-hydrogen) atoms. The number of ether oxygens (including phenoxy) is 4. The molecule has 0 fully saturated rings. The number of allylic oxidation sites excluding steroid dienone is 26. The minimum atomic E-state index is -1.64. The summed E-state index contributed by atoms with van der Waals surface area (Å²) in [5.74, 6) is -2.36. The molecule has 0 N–H and O–H groups in total. The molecule has 9 heteroatoms. The van der Waals surface area contributed by atoms with Crippen molar-refractivity contribution in [2.45, 2.75) is 219 Å². The molecule has 0 rings (SSSR count). The molecule has 0 saturated carbocycles. The smallest absolute Gasteiger partial charge is 0.306 e. The molecule has 0 aliphatic rings. The van der Waals surface area contributed by atoms with Crippen molar-refractivity contribution in [3.05, 3.63) is 158 Å². The van der Waals surface area contributed by atoms with E-state index in [9.17, 15) is 19.5 Å². The van der Waals surface area contributed by atoms with Gasteiger partial charge in [-0.25, -0.2) is 0 Å². The highest BCUT2D eigenvalue weighted by Gasteiger charge is 2.22. The average Bonchev–Trinajstić information content (AvgIpc) is 3.42. The fraction of sp³-hybridized carbons (Fsp3) is 0.586. The van der Waals surface area contributed by atoms with Crippen molar-refractivity contribution in [3.63, 3.8) is 0 Å². The summed E-state index contributed by atoms with van der Waals surface area (Å²) in [5.41, 5.74) is 0. The van der Waals surface area contributed by atoms with E-state index >= 15 is 0 Å². The molecule has 0 aromatic heterocycles. The van der Waals surface area contributed by atoms with Crippen LogP contribution in [0.5, 0.6) is 0 Å². The van der Waals surface area contributed by atoms with Crippen LogP contribution in [0.25, 0.3) is 0 Å². The zero-order valence-corrected chi connectivity index (χ0v) is 50.4. The van der Waals surface area contributed by atoms with E-state index in [4.69, 9.17) is 18.9 Å². The molecule has 9 nitrogen and oxygen atoms in total. The fourth-order valence-electron chi connectivity index (χ4n) is 7.64. The second-order valence-electron chi connectivity index (χ2n) is 20.9. The third-order valence-corrected chi connectivity index (χ3v) is 12.3. The highest BCUT2D eigenvalue weighted by molar-refractivity contribution is 5.70. The average molecular weight is 1090 g/mol. The molecule has 2 atom stereocenters. The Bertz CT molecular complexity index is 1850. The van der Waals surface area contributed by atoms with Crippen molar-refractivity contribution < 1.29 is 42.9 Å². The first kappa shape index (κ1) is 73.9. The Morgan fingerprint density at radius 2 is 0.684 bits per heavy atom. The van der Waals surface area contributed by atoms with Gasteiger partial charge in [-0.15, -0.1) is 0 Å². The number of rotatable bonds is 54. The lowest BCUT2D eigenvalue weighted by Crippen LogP contribution is -2.44. The molecule has 2 unspecified atom stereocenters. The Balaban J connectivity index is 4.30. The number of quaternary nitrogens is 1. The van der Waals surface area contributed by atoms with Gasteiger partial charge in [0.25, 0.3) is 0 Å². The van der Waals surface area contributed by atoms with Gasteiger partial charge in [-0.2, -0.15) is 0 Å². The lowest BCUT2D eigenvalue weighted by Gasteiger charge is -2.26. The maximum Gasteiger partial charge on any atom is 0.306 e. The Morgan fingerprint density at radius 3 is 1.04 bits per heavy atom. The maximum atomic E-state index is 12.9. The van der Waals surface area contributed by atoms with Gasteiger partial charge < -0.3 is 33.3 Å². The molecule has 0 aliphatic carbocycles. The van der Waals surface area contributed by atoms with Crippen LogP contribution in [0.15, 0.2) is 158 Å². The number of esters is 2. The SMILES string of the molecule is CC/C=C\C/C=C\C/C=C\C/C=C\C/C=C\C/C=C\C/C=C\CCCCCCCCCCCCCC(=O)OC(COC(=O)CCCC/C=C\C/C=C\C/C=C\C/C=C\C/C=C\C/C=C\CC)COC(OCC[N+](C)(C)C)C(=O)[O-]. The number of hydrogen-bond donors (Lipinski definition) is 0. The number of nitrogens with zero attached hydrogens (tertiary/aromatic N) is 1. The number of carboxylic acid groups (broad SMARTS) is 1. The number of carboxylic acids is 1. The number of likely N-dealkylation sites (N-methyl/N-ethyl adjacent to an activating group) is 1. The third kappa shape index (κ3) is 60.4. The monoisotopic (exact) mass is 1090 g/mol. The summed E-state index contributed by atoms with van der Waals surface area (Å²) in [6, 6.07) is 0. The number of aliphatic carboxylic acids is 1. The Morgan fingerprint density at radius 1 is 0.380 bits per heavy atom. The molecule has 0 aromatic rings. The Labute approximate surface area is 483 Å². The first-order valence-corrected chi connectivity index (χ1v) is 30.6. The molecule has 0 spiro atoms. The summed E-state index contributed by atoms with van der Waals surface area (Å²) in [7, 11) is 5.90. The van der Waals surface area contributed by atoms with E-state index in [0.717, 1.165) is 122 Å². The normalized spacial score (nSPS) is 13.9. The topological polar surface area (TPSA) is 111 Å². The van der Waals surface area contributed by atoms with Crippen LogP contribution in [0.2, 0.25) is 0 Å². The van der Waals surface area contributed by atoms with Crippen molar-refractivity contribution >= 4 is 17.9 Å². The summed E-state index contributed by atoms with van der Waals surface area (Å²) in [6.07, 6.45) is 84.4. The van der Waals surface area contributed by atoms with Crippen LogP contribution in [-0.4, -0.2) is 82.3 Å². The van der Waals surface area contributed by atoms with Crippen molar-refractivity contribution in [3.8, 4) is 0 Å². The van der Waals surface area contributed by atoms with Crippen molar-refractivity contribution in [1.82, 2.24) is 0 Å². The minimum absolute atomic E-state index is 0.131. The molecule has 0 saturated heterocycles. The van der Waals surface area contributed by atoms with E-state index in [-0.39, 0.29) is 32.7 Å². The zero-order chi connectivity index (χ0) is 57.6. The van der Waals surface area contributed by atoms with Crippen molar-refractivity contribution in [1.29, 1.82) is 0 Å². The Kier molecular flexibility index (Phi) is 55.2. The van der Waals surface area contributed by atoms with Gasteiger partial charge in [0.1, 0.15) is 13.2 Å². The van der Waals surface area contributed by atoms with Gasteiger partial charge in [0.05, 0.1) is 40.3 Å². The van der Waals surface area contributed by atoms with Crippen LogP contribution in [0.3, 0.4) is 0 Å². The summed E-state index contributed by atoms with van der Waals surface area (Å²) in [5, 5.41) is 11.8. The number of carbonyl (C=O) groups is 3. The predicted octanol–water partition coefficient (Wildman–Crippen LogP) is 17.2. The molecule has 0 heterocycles. The quantitative estimate of drug-likeness (QED) is 0.0195. The lowest BCUT2D eigenvalue weighted by molar-refractivity contribution is -0.870. The van der Waals surface area contributed by atoms with Crippen molar-refractivity contribution in [2.75, 3.05) is 47.5 Å². The van der Waals surface area contributed by atoms with E-state index in [1.165, 1.54) is 44.9 Å². The van der Waals surface area contributed by atoms with Gasteiger partial charge in [-0.05, 0) is 122 Å². The van der Waals surface area contributed by atoms with E-state index in [1.807, 2.05) is 21.1 Å². The van der Waals surface area contributed by atoms with Crippen LogP contribution in [0.4, 0.5) is 0 Å². The number of carbonyl (C=O) groups excluding carboxylic acids is 3. The standard InChI is InChI=1S/C70H111NO8/c1-6-8-10-12-14-16-18-20-22-24-26-28-29-30-31-32-33-34-35-36-37-38-39-41-43-45-47-49-51-53-55-57-59-61-68(73)79-66(65-78-70(69(74)75)76-63-62-71(3,4)5)64-77-67(72)60-58-56-54-52-50-48-46-44-42-40-27-25-23-21-19-17-15-13-11-9-7-2/h8-11,14-17,20-23,26-28,30-31,33-34,36-37,40,44,46,50,52,66,70H,6-7,12-13,18-19,24-25,29,32,35,38-39,41-43,45,47-49,51,53-65H2,1-5H3/b10-8-,11-9-,16-14-,17-15-,22-20-,23-21-,28-26-,31-30-,34-33-,37-36-,40-27-,46-44-,52-50-. The number of hydrogen-bond acceptors (Lipinski definition) is 8. The fourth-order valence-corrected chi connectivity index (χ4v) is 7.64. The van der Waals surface area contributed by atoms with Crippen molar-refractivity contribution in [2.24, 2.45) is 0 Å². The lowest BCUT2D eigenvalue weighted by atomic mass is 10.0. The summed E-state index contributed by atoms with van der Waals surface area (Å²) in [6.45, 7) is 4.44. The van der Waals surface area contributed by atoms with Crippen LogP contribution in [-0.2, 0) is 33.3 Å². The third-order valence-electron chi connectivity index (χ3n) is 12.3. The summed E-state index contributed by atoms with van der Waals surface area (Å²) >= 11 is 0. The molecular weight excluding hydrogens is 983 g/mol. The zero-order valence-electron chi connectivity index (χ0n) is 50.4. The molecule has 0 aromatic carbocycles. The second-order valence-corrected chi connectivity index (χ2v) is 20.9. The van der Waals surface area contributed by atoms with E-state index in [0.29, 0.717) is 23.9 Å². The predicted molar refractivity (Wildman–Crippen MR) is 333 cm³/mol.